The van der Waals surface area contributed by atoms with Gasteiger partial charge in [-0.1, -0.05) is 0 Å². The van der Waals surface area contributed by atoms with Crippen molar-refractivity contribution in [3.8, 4) is 0 Å². The van der Waals surface area contributed by atoms with Gasteiger partial charge in [0.05, 0.1) is 11.4 Å². The van der Waals surface area contributed by atoms with Gasteiger partial charge in [0.1, 0.15) is 0 Å². The first kappa shape index (κ1) is 26.5. The van der Waals surface area contributed by atoms with Crippen LogP contribution in [-0.4, -0.2) is 123 Å². The summed E-state index contributed by atoms with van der Waals surface area (Å²) in [6.07, 6.45) is 0. The van der Waals surface area contributed by atoms with E-state index in [2.05, 4.69) is 40.9 Å². The minimum Gasteiger partial charge on any atom is -0.366 e. The van der Waals surface area contributed by atoms with Crippen LogP contribution in [0.5, 0.6) is 0 Å². The Kier molecular flexibility index (Phi) is 8.02. The smallest absolute Gasteiger partial charge is 0.241 e. The van der Waals surface area contributed by atoms with Crippen LogP contribution in [-0.2, 0) is 9.84 Å². The number of aromatic nitrogens is 2. The van der Waals surface area contributed by atoms with Gasteiger partial charge in [-0.3, -0.25) is 0 Å². The lowest BCUT2D eigenvalue weighted by Gasteiger charge is -2.36. The fraction of sp³-hybridized carbons (Fsp3) is 0.615. The molecule has 13 heteroatoms. The number of nitrogens with zero attached hydrogens (tertiary/aromatic N) is 6. The number of rotatable bonds is 6. The summed E-state index contributed by atoms with van der Waals surface area (Å²) in [6.45, 7) is 13.7. The van der Waals surface area contributed by atoms with Crippen LogP contribution in [0.1, 0.15) is 0 Å². The van der Waals surface area contributed by atoms with Gasteiger partial charge in [0.25, 0.3) is 0 Å². The molecule has 0 bridgehead atoms. The molecule has 0 aliphatic carbocycles. The van der Waals surface area contributed by atoms with E-state index in [1.54, 1.807) is 12.1 Å². The highest BCUT2D eigenvalue weighted by Crippen LogP contribution is 2.34. The van der Waals surface area contributed by atoms with Crippen LogP contribution in [0.4, 0.5) is 23.0 Å². The van der Waals surface area contributed by atoms with Gasteiger partial charge in [-0.05, 0) is 24.3 Å². The van der Waals surface area contributed by atoms with Crippen LogP contribution in [0.2, 0.25) is 0 Å². The lowest BCUT2D eigenvalue weighted by molar-refractivity contribution is 0.566. The van der Waals surface area contributed by atoms with Gasteiger partial charge in [-0.25, -0.2) is 18.4 Å². The molecule has 0 radical (unpaired) electrons. The molecule has 0 saturated carbocycles. The van der Waals surface area contributed by atoms with Crippen molar-refractivity contribution < 1.29 is 8.42 Å². The van der Waals surface area contributed by atoms with Crippen LogP contribution in [0.25, 0.3) is 0 Å². The van der Waals surface area contributed by atoms with E-state index in [9.17, 15) is 8.42 Å². The molecule has 4 fully saturated rings. The summed E-state index contributed by atoms with van der Waals surface area (Å²) in [5, 5.41) is 13.7. The van der Waals surface area contributed by atoms with Crippen molar-refractivity contribution >= 4 is 32.8 Å². The molecule has 0 unspecified atom stereocenters. The Labute approximate surface area is 231 Å². The highest BCUT2D eigenvalue weighted by molar-refractivity contribution is 7.91. The molecule has 4 aliphatic heterocycles. The summed E-state index contributed by atoms with van der Waals surface area (Å²) in [4.78, 5) is 18.7. The Morgan fingerprint density at radius 1 is 0.487 bits per heavy atom. The molecule has 2 aromatic heterocycles. The van der Waals surface area contributed by atoms with Crippen LogP contribution in [0.15, 0.2) is 34.3 Å². The molecular formula is C26H40N10O2S. The van der Waals surface area contributed by atoms with E-state index in [0.717, 1.165) is 128 Å². The van der Waals surface area contributed by atoms with Crippen LogP contribution >= 0.6 is 0 Å². The molecule has 6 rings (SSSR count). The zero-order chi connectivity index (χ0) is 26.7. The van der Waals surface area contributed by atoms with Gasteiger partial charge in [-0.15, -0.1) is 0 Å². The van der Waals surface area contributed by atoms with Crippen molar-refractivity contribution in [1.29, 1.82) is 0 Å². The van der Waals surface area contributed by atoms with E-state index in [1.165, 1.54) is 0 Å². The third kappa shape index (κ3) is 5.64. The average Bonchev–Trinajstić information content (AvgIpc) is 3.02. The first-order valence-corrected chi connectivity index (χ1v) is 15.7. The van der Waals surface area contributed by atoms with Gasteiger partial charge in [-0.2, -0.15) is 0 Å². The van der Waals surface area contributed by atoms with E-state index in [-0.39, 0.29) is 10.1 Å². The largest absolute Gasteiger partial charge is 0.366 e. The molecule has 0 atom stereocenters. The van der Waals surface area contributed by atoms with Gasteiger partial charge in [0, 0.05) is 105 Å². The van der Waals surface area contributed by atoms with Gasteiger partial charge in [0.2, 0.25) is 9.84 Å². The molecule has 6 heterocycles. The van der Waals surface area contributed by atoms with E-state index in [1.807, 2.05) is 12.1 Å². The molecule has 12 nitrogen and oxygen atoms in total. The predicted molar refractivity (Wildman–Crippen MR) is 154 cm³/mol. The molecular weight excluding hydrogens is 516 g/mol. The van der Waals surface area contributed by atoms with Crippen molar-refractivity contribution in [2.45, 2.75) is 10.1 Å². The van der Waals surface area contributed by atoms with E-state index in [0.29, 0.717) is 0 Å². The molecule has 4 aliphatic rings. The predicted octanol–water partition coefficient (Wildman–Crippen LogP) is -1.05. The van der Waals surface area contributed by atoms with Crippen molar-refractivity contribution in [2.75, 3.05) is 124 Å². The van der Waals surface area contributed by atoms with E-state index in [4.69, 9.17) is 9.97 Å². The summed E-state index contributed by atoms with van der Waals surface area (Å²) >= 11 is 0. The second kappa shape index (κ2) is 11.8. The van der Waals surface area contributed by atoms with Gasteiger partial charge >= 0.3 is 0 Å². The lowest BCUT2D eigenvalue weighted by Crippen LogP contribution is -2.47. The fourth-order valence-electron chi connectivity index (χ4n) is 5.78. The van der Waals surface area contributed by atoms with Crippen LogP contribution in [0.3, 0.4) is 0 Å². The summed E-state index contributed by atoms with van der Waals surface area (Å²) in [7, 11) is -3.92. The highest BCUT2D eigenvalue weighted by Gasteiger charge is 2.29. The molecule has 4 N–H and O–H groups in total. The number of pyridine rings is 2. The Morgan fingerprint density at radius 2 is 0.795 bits per heavy atom. The number of anilines is 4. The Hall–Kier alpha value is -2.71. The normalized spacial score (nSPS) is 21.3. The van der Waals surface area contributed by atoms with Gasteiger partial charge in [0.15, 0.2) is 21.7 Å². The SMILES string of the molecule is O=S(=O)(c1ccc(N2CCNCC2)c(N2CCNCC2)n1)c1ccc(N2CCNCC2)c(N2CCNCC2)n1. The number of sulfone groups is 1. The molecule has 2 aromatic rings. The van der Waals surface area contributed by atoms with Crippen molar-refractivity contribution in [1.82, 2.24) is 31.2 Å². The maximum absolute atomic E-state index is 14.0. The first-order valence-electron chi connectivity index (χ1n) is 14.2. The second-order valence-corrected chi connectivity index (χ2v) is 12.3. The highest BCUT2D eigenvalue weighted by atomic mass is 32.2. The van der Waals surface area contributed by atoms with E-state index >= 15 is 0 Å². The average molecular weight is 557 g/mol. The summed E-state index contributed by atoms with van der Waals surface area (Å²) in [5.41, 5.74) is 2.00. The molecule has 0 aromatic carbocycles. The van der Waals surface area contributed by atoms with Crippen LogP contribution < -0.4 is 40.9 Å². The summed E-state index contributed by atoms with van der Waals surface area (Å²) < 4.78 is 28.1. The van der Waals surface area contributed by atoms with E-state index < -0.39 is 9.84 Å². The zero-order valence-electron chi connectivity index (χ0n) is 22.5. The quantitative estimate of drug-likeness (QED) is 0.347. The number of hydrogen-bond donors (Lipinski definition) is 4. The summed E-state index contributed by atoms with van der Waals surface area (Å²) in [5.74, 6) is 1.50. The Morgan fingerprint density at radius 3 is 1.13 bits per heavy atom. The molecule has 0 spiro atoms. The maximum Gasteiger partial charge on any atom is 0.241 e. The second-order valence-electron chi connectivity index (χ2n) is 10.4. The topological polar surface area (TPSA) is 121 Å². The third-order valence-electron chi connectivity index (χ3n) is 7.96. The minimum atomic E-state index is -3.92. The van der Waals surface area contributed by atoms with Crippen molar-refractivity contribution in [2.24, 2.45) is 0 Å². The number of nitrogens with one attached hydrogen (secondary N) is 4. The zero-order valence-corrected chi connectivity index (χ0v) is 23.3. The van der Waals surface area contributed by atoms with Crippen molar-refractivity contribution in [3.63, 3.8) is 0 Å². The maximum atomic E-state index is 14.0. The number of hydrogen-bond acceptors (Lipinski definition) is 12. The van der Waals surface area contributed by atoms with Crippen molar-refractivity contribution in [3.05, 3.63) is 24.3 Å². The third-order valence-corrected chi connectivity index (χ3v) is 9.51. The number of piperazine rings is 4. The van der Waals surface area contributed by atoms with Gasteiger partial charge < -0.3 is 40.9 Å². The Bertz CT molecular complexity index is 1150. The minimum absolute atomic E-state index is 0.0589. The fourth-order valence-corrected chi connectivity index (χ4v) is 6.90. The summed E-state index contributed by atoms with van der Waals surface area (Å²) in [6, 6.07) is 7.20. The lowest BCUT2D eigenvalue weighted by atomic mass is 10.2. The molecule has 4 saturated heterocycles. The molecule has 0 amide bonds. The van der Waals surface area contributed by atoms with Crippen LogP contribution in [0, 0.1) is 0 Å². The molecule has 212 valence electrons. The standard InChI is InChI=1S/C26H40N10O2S/c37-39(38,23-3-1-21(33-13-5-27-6-14-33)25(31-23)35-17-9-29-10-18-35)24-4-2-22(34-15-7-28-8-16-34)26(32-24)36-19-11-30-12-20-36/h1-4,27-30H,5-20H2. The monoisotopic (exact) mass is 556 g/mol. The molecule has 39 heavy (non-hydrogen) atoms. The Balaban J connectivity index is 1.38. The first-order chi connectivity index (χ1) is 19.1.